The third-order valence-corrected chi connectivity index (χ3v) is 4.88. The lowest BCUT2D eigenvalue weighted by Crippen LogP contribution is -2.54. The van der Waals surface area contributed by atoms with Gasteiger partial charge in [0.2, 0.25) is 0 Å². The fraction of sp³-hybridized carbons (Fsp3) is 0.300. The summed E-state index contributed by atoms with van der Waals surface area (Å²) in [4.78, 5) is 19.1. The van der Waals surface area contributed by atoms with Crippen LogP contribution < -0.4 is 15.2 Å². The first-order valence-electron chi connectivity index (χ1n) is 8.65. The fourth-order valence-corrected chi connectivity index (χ4v) is 3.45. The molecule has 2 aliphatic heterocycles. The van der Waals surface area contributed by atoms with Gasteiger partial charge >= 0.3 is 0 Å². The number of hydrogen-bond acceptors (Lipinski definition) is 5. The summed E-state index contributed by atoms with van der Waals surface area (Å²) in [6.45, 7) is 1.04. The van der Waals surface area contributed by atoms with E-state index in [-0.39, 0.29) is 5.91 Å². The highest BCUT2D eigenvalue weighted by atomic mass is 16.5. The Morgan fingerprint density at radius 3 is 2.81 bits per heavy atom. The maximum atomic E-state index is 13.0. The van der Waals surface area contributed by atoms with Gasteiger partial charge in [-0.05, 0) is 24.5 Å². The van der Waals surface area contributed by atoms with Crippen LogP contribution in [0, 0.1) is 0 Å². The number of amides is 1. The highest BCUT2D eigenvalue weighted by Gasteiger charge is 2.42. The van der Waals surface area contributed by atoms with E-state index in [0.717, 1.165) is 12.0 Å². The summed E-state index contributed by atoms with van der Waals surface area (Å²) in [5, 5.41) is 0. The van der Waals surface area contributed by atoms with Crippen molar-refractivity contribution in [3.63, 3.8) is 0 Å². The van der Waals surface area contributed by atoms with Crippen LogP contribution in [0.15, 0.2) is 47.5 Å². The predicted octanol–water partition coefficient (Wildman–Crippen LogP) is 2.88. The molecule has 134 valence electrons. The van der Waals surface area contributed by atoms with Crippen molar-refractivity contribution in [1.82, 2.24) is 4.90 Å². The molecule has 0 aliphatic carbocycles. The lowest BCUT2D eigenvalue weighted by molar-refractivity contribution is 0.0701. The van der Waals surface area contributed by atoms with E-state index in [1.54, 1.807) is 30.4 Å². The van der Waals surface area contributed by atoms with Crippen molar-refractivity contribution in [1.29, 1.82) is 0 Å². The van der Waals surface area contributed by atoms with Crippen LogP contribution in [-0.4, -0.2) is 36.3 Å². The van der Waals surface area contributed by atoms with E-state index in [1.807, 2.05) is 30.3 Å². The zero-order valence-electron chi connectivity index (χ0n) is 14.6. The molecule has 2 N–H and O–H groups in total. The summed E-state index contributed by atoms with van der Waals surface area (Å²) in [5.41, 5.74) is 7.65. The second-order valence-corrected chi connectivity index (χ2v) is 6.60. The first-order valence-corrected chi connectivity index (χ1v) is 8.65. The molecule has 6 heteroatoms. The highest BCUT2D eigenvalue weighted by Crippen LogP contribution is 2.39. The topological polar surface area (TPSA) is 77.2 Å². The van der Waals surface area contributed by atoms with E-state index in [1.165, 1.54) is 0 Å². The van der Waals surface area contributed by atoms with Crippen LogP contribution in [0.2, 0.25) is 0 Å². The maximum Gasteiger partial charge on any atom is 0.257 e. The Morgan fingerprint density at radius 1 is 1.23 bits per heavy atom. The second kappa shape index (κ2) is 6.46. The first kappa shape index (κ1) is 16.6. The van der Waals surface area contributed by atoms with Crippen molar-refractivity contribution in [3.8, 4) is 11.5 Å². The number of methoxy groups -OCH3 is 1. The molecule has 1 amide bonds. The number of nitrogens with two attached hydrogens (primary N) is 1. The number of rotatable bonds is 4. The van der Waals surface area contributed by atoms with Crippen LogP contribution in [0.1, 0.15) is 28.8 Å². The van der Waals surface area contributed by atoms with Gasteiger partial charge in [-0.25, -0.2) is 0 Å². The summed E-state index contributed by atoms with van der Waals surface area (Å²) in [5.74, 6) is 0.936. The van der Waals surface area contributed by atoms with E-state index in [0.29, 0.717) is 42.3 Å². The molecule has 2 aliphatic rings. The third-order valence-electron chi connectivity index (χ3n) is 4.88. The van der Waals surface area contributed by atoms with Gasteiger partial charge in [-0.3, -0.25) is 9.79 Å². The number of hydrogen-bond donors (Lipinski definition) is 1. The lowest BCUT2D eigenvalue weighted by Gasteiger charge is -2.30. The Bertz CT molecular complexity index is 866. The number of carbonyl (C=O) groups excluding carboxylic acids is 1. The molecule has 0 aromatic heterocycles. The maximum absolute atomic E-state index is 13.0. The number of fused-ring (bicyclic) bond motifs is 2. The molecule has 6 nitrogen and oxygen atoms in total. The van der Waals surface area contributed by atoms with Gasteiger partial charge in [0.1, 0.15) is 12.3 Å². The Hall–Kier alpha value is -2.86. The predicted molar refractivity (Wildman–Crippen MR) is 99.1 cm³/mol. The van der Waals surface area contributed by atoms with Crippen molar-refractivity contribution in [2.45, 2.75) is 25.1 Å². The molecule has 0 unspecified atom stereocenters. The van der Waals surface area contributed by atoms with E-state index in [9.17, 15) is 4.79 Å². The Balaban J connectivity index is 1.68. The van der Waals surface area contributed by atoms with Crippen LogP contribution in [-0.2, 0) is 6.61 Å². The molecule has 0 bridgehead atoms. The second-order valence-electron chi connectivity index (χ2n) is 6.60. The van der Waals surface area contributed by atoms with Gasteiger partial charge in [0, 0.05) is 18.8 Å². The van der Waals surface area contributed by atoms with Gasteiger partial charge in [0.25, 0.3) is 5.91 Å². The standard InChI is InChI=1S/C20H21N3O3/c1-25-17-10-15-16(11-18(17)26-12-14-6-3-2-4-7-14)22-13-20(21)8-5-9-23(20)19(15)24/h2-4,6-7,10-11,13H,5,8-9,12,21H2,1H3/t20-/m0/s1. The summed E-state index contributed by atoms with van der Waals surface area (Å²) >= 11 is 0. The minimum Gasteiger partial charge on any atom is -0.493 e. The van der Waals surface area contributed by atoms with Crippen LogP contribution in [0.3, 0.4) is 0 Å². The Morgan fingerprint density at radius 2 is 2.04 bits per heavy atom. The van der Waals surface area contributed by atoms with Gasteiger partial charge < -0.3 is 20.1 Å². The summed E-state index contributed by atoms with van der Waals surface area (Å²) in [6.07, 6.45) is 3.26. The van der Waals surface area contributed by atoms with Gasteiger partial charge in [0.05, 0.1) is 18.4 Å². The average Bonchev–Trinajstić information content (AvgIpc) is 3.02. The molecular weight excluding hydrogens is 330 g/mol. The molecule has 26 heavy (non-hydrogen) atoms. The van der Waals surface area contributed by atoms with Crippen molar-refractivity contribution in [2.75, 3.05) is 13.7 Å². The number of nitrogens with zero attached hydrogens (tertiary/aromatic N) is 2. The Labute approximate surface area is 152 Å². The zero-order chi connectivity index (χ0) is 18.1. The van der Waals surface area contributed by atoms with Crippen LogP contribution in [0.25, 0.3) is 0 Å². The molecule has 1 fully saturated rings. The summed E-state index contributed by atoms with van der Waals surface area (Å²) in [7, 11) is 1.56. The smallest absolute Gasteiger partial charge is 0.257 e. The van der Waals surface area contributed by atoms with Crippen LogP contribution in [0.5, 0.6) is 11.5 Å². The lowest BCUT2D eigenvalue weighted by atomic mass is 10.1. The molecule has 0 radical (unpaired) electrons. The zero-order valence-corrected chi connectivity index (χ0v) is 14.6. The number of carbonyl (C=O) groups is 1. The quantitative estimate of drug-likeness (QED) is 0.919. The van der Waals surface area contributed by atoms with Gasteiger partial charge in [-0.2, -0.15) is 0 Å². The molecule has 2 aromatic carbocycles. The van der Waals surface area contributed by atoms with Gasteiger partial charge in [-0.15, -0.1) is 0 Å². The van der Waals surface area contributed by atoms with Crippen molar-refractivity contribution < 1.29 is 14.3 Å². The van der Waals surface area contributed by atoms with E-state index in [4.69, 9.17) is 15.2 Å². The first-order chi connectivity index (χ1) is 12.6. The molecule has 0 saturated carbocycles. The van der Waals surface area contributed by atoms with Gasteiger partial charge in [-0.1, -0.05) is 30.3 Å². The molecule has 1 atom stereocenters. The van der Waals surface area contributed by atoms with E-state index < -0.39 is 5.66 Å². The molecule has 2 aromatic rings. The largest absolute Gasteiger partial charge is 0.493 e. The monoisotopic (exact) mass is 351 g/mol. The summed E-state index contributed by atoms with van der Waals surface area (Å²) in [6, 6.07) is 13.3. The van der Waals surface area contributed by atoms with Crippen molar-refractivity contribution in [3.05, 3.63) is 53.6 Å². The van der Waals surface area contributed by atoms with Crippen molar-refractivity contribution >= 4 is 17.8 Å². The van der Waals surface area contributed by atoms with E-state index in [2.05, 4.69) is 4.99 Å². The number of ether oxygens (including phenoxy) is 2. The average molecular weight is 351 g/mol. The molecule has 1 saturated heterocycles. The molecule has 2 heterocycles. The molecule has 0 spiro atoms. The van der Waals surface area contributed by atoms with E-state index >= 15 is 0 Å². The highest BCUT2D eigenvalue weighted by molar-refractivity contribution is 6.04. The minimum absolute atomic E-state index is 0.120. The Kier molecular flexibility index (Phi) is 4.12. The normalized spacial score (nSPS) is 21.2. The molecular formula is C20H21N3O3. The fourth-order valence-electron chi connectivity index (χ4n) is 3.45. The number of aliphatic imine (C=N–C) groups is 1. The minimum atomic E-state index is -0.811. The third kappa shape index (κ3) is 2.82. The van der Waals surface area contributed by atoms with Gasteiger partial charge in [0.15, 0.2) is 11.5 Å². The van der Waals surface area contributed by atoms with Crippen LogP contribution in [0.4, 0.5) is 5.69 Å². The molecule has 4 rings (SSSR count). The number of benzene rings is 2. The van der Waals surface area contributed by atoms with Crippen LogP contribution >= 0.6 is 0 Å². The SMILES string of the molecule is COc1cc2c(cc1OCc1ccccc1)N=C[C@]1(N)CCCN1C2=O. The van der Waals surface area contributed by atoms with Crippen molar-refractivity contribution in [2.24, 2.45) is 10.7 Å². The summed E-state index contributed by atoms with van der Waals surface area (Å²) < 4.78 is 11.4.